The van der Waals surface area contributed by atoms with Gasteiger partial charge in [-0.3, -0.25) is 4.79 Å². The minimum Gasteiger partial charge on any atom is -0.355 e. The first-order valence-electron chi connectivity index (χ1n) is 5.91. The summed E-state index contributed by atoms with van der Waals surface area (Å²) in [6.45, 7) is 2.45. The van der Waals surface area contributed by atoms with E-state index in [0.717, 1.165) is 6.07 Å². The van der Waals surface area contributed by atoms with Crippen LogP contribution in [0, 0.1) is 11.6 Å². The van der Waals surface area contributed by atoms with Gasteiger partial charge in [-0.1, -0.05) is 12.1 Å². The van der Waals surface area contributed by atoms with Gasteiger partial charge in [0, 0.05) is 19.0 Å². The molecule has 1 amide bonds. The first-order chi connectivity index (χ1) is 8.54. The molecule has 1 aromatic rings. The predicted octanol–water partition coefficient (Wildman–Crippen LogP) is 1.62. The van der Waals surface area contributed by atoms with Crippen LogP contribution in [-0.2, 0) is 11.2 Å². The molecule has 0 aliphatic rings. The van der Waals surface area contributed by atoms with Crippen LogP contribution in [0.1, 0.15) is 18.9 Å². The van der Waals surface area contributed by atoms with Crippen molar-refractivity contribution < 1.29 is 13.6 Å². The maximum Gasteiger partial charge on any atom is 0.220 e. The largest absolute Gasteiger partial charge is 0.355 e. The van der Waals surface area contributed by atoms with E-state index in [4.69, 9.17) is 0 Å². The van der Waals surface area contributed by atoms with Crippen LogP contribution in [0.15, 0.2) is 18.2 Å². The third-order valence-electron chi connectivity index (χ3n) is 2.75. The average Bonchev–Trinajstić information content (AvgIpc) is 2.37. The highest BCUT2D eigenvalue weighted by atomic mass is 19.2. The van der Waals surface area contributed by atoms with E-state index in [-0.39, 0.29) is 30.4 Å². The summed E-state index contributed by atoms with van der Waals surface area (Å²) in [5, 5.41) is 5.71. The topological polar surface area (TPSA) is 41.1 Å². The number of carbonyl (C=O) groups excluding carboxylic acids is 1. The van der Waals surface area contributed by atoms with Crippen LogP contribution in [-0.4, -0.2) is 25.5 Å². The SMILES string of the molecule is CNC(C)CNC(=O)CCc1cccc(F)c1F. The van der Waals surface area contributed by atoms with Gasteiger partial charge in [-0.15, -0.1) is 0 Å². The van der Waals surface area contributed by atoms with Gasteiger partial charge in [-0.2, -0.15) is 0 Å². The first-order valence-corrected chi connectivity index (χ1v) is 5.91. The number of carbonyl (C=O) groups is 1. The lowest BCUT2D eigenvalue weighted by Gasteiger charge is -2.11. The molecule has 0 radical (unpaired) electrons. The molecule has 5 heteroatoms. The standard InChI is InChI=1S/C13H18F2N2O/c1-9(16-2)8-17-12(18)7-6-10-4-3-5-11(14)13(10)15/h3-5,9,16H,6-8H2,1-2H3,(H,17,18). The third kappa shape index (κ3) is 4.41. The van der Waals surface area contributed by atoms with Crippen LogP contribution in [0.5, 0.6) is 0 Å². The molecule has 1 aromatic carbocycles. The highest BCUT2D eigenvalue weighted by Crippen LogP contribution is 2.12. The van der Waals surface area contributed by atoms with E-state index in [0.29, 0.717) is 6.54 Å². The minimum atomic E-state index is -0.878. The highest BCUT2D eigenvalue weighted by Gasteiger charge is 2.10. The van der Waals surface area contributed by atoms with E-state index in [2.05, 4.69) is 10.6 Å². The summed E-state index contributed by atoms with van der Waals surface area (Å²) in [5.74, 6) is -1.91. The summed E-state index contributed by atoms with van der Waals surface area (Å²) in [4.78, 5) is 11.5. The molecule has 0 aromatic heterocycles. The number of hydrogen-bond acceptors (Lipinski definition) is 2. The Labute approximate surface area is 106 Å². The molecule has 0 saturated carbocycles. The van der Waals surface area contributed by atoms with Gasteiger partial charge in [0.15, 0.2) is 11.6 Å². The Bertz CT molecular complexity index is 410. The molecule has 0 fully saturated rings. The van der Waals surface area contributed by atoms with Crippen molar-refractivity contribution in [2.24, 2.45) is 0 Å². The second-order valence-corrected chi connectivity index (χ2v) is 4.21. The molecule has 18 heavy (non-hydrogen) atoms. The zero-order valence-corrected chi connectivity index (χ0v) is 10.6. The summed E-state index contributed by atoms with van der Waals surface area (Å²) >= 11 is 0. The number of likely N-dealkylation sites (N-methyl/N-ethyl adjacent to an activating group) is 1. The van der Waals surface area contributed by atoms with Gasteiger partial charge >= 0.3 is 0 Å². The quantitative estimate of drug-likeness (QED) is 0.812. The molecule has 0 heterocycles. The molecular formula is C13H18F2N2O. The Morgan fingerprint density at radius 2 is 2.11 bits per heavy atom. The van der Waals surface area contributed by atoms with E-state index in [1.54, 1.807) is 7.05 Å². The van der Waals surface area contributed by atoms with Crippen molar-refractivity contribution in [1.29, 1.82) is 0 Å². The molecule has 0 aliphatic heterocycles. The molecule has 0 spiro atoms. The average molecular weight is 256 g/mol. The molecular weight excluding hydrogens is 238 g/mol. The van der Waals surface area contributed by atoms with Gasteiger partial charge < -0.3 is 10.6 Å². The normalized spacial score (nSPS) is 12.2. The summed E-state index contributed by atoms with van der Waals surface area (Å²) < 4.78 is 26.2. The number of nitrogens with one attached hydrogen (secondary N) is 2. The van der Waals surface area contributed by atoms with Crippen molar-refractivity contribution >= 4 is 5.91 Å². The Hall–Kier alpha value is -1.49. The lowest BCUT2D eigenvalue weighted by Crippen LogP contribution is -2.37. The second-order valence-electron chi connectivity index (χ2n) is 4.21. The van der Waals surface area contributed by atoms with Crippen LogP contribution >= 0.6 is 0 Å². The highest BCUT2D eigenvalue weighted by molar-refractivity contribution is 5.76. The number of benzene rings is 1. The Morgan fingerprint density at radius 1 is 1.39 bits per heavy atom. The van der Waals surface area contributed by atoms with Crippen molar-refractivity contribution in [3.63, 3.8) is 0 Å². The molecule has 1 rings (SSSR count). The molecule has 2 N–H and O–H groups in total. The third-order valence-corrected chi connectivity index (χ3v) is 2.75. The second kappa shape index (κ2) is 7.06. The minimum absolute atomic E-state index is 0.150. The molecule has 1 unspecified atom stereocenters. The number of aryl methyl sites for hydroxylation is 1. The van der Waals surface area contributed by atoms with Crippen LogP contribution in [0.2, 0.25) is 0 Å². The van der Waals surface area contributed by atoms with Crippen molar-refractivity contribution in [3.8, 4) is 0 Å². The fourth-order valence-electron chi connectivity index (χ4n) is 1.45. The number of amides is 1. The number of hydrogen-bond donors (Lipinski definition) is 2. The van der Waals surface area contributed by atoms with Gasteiger partial charge in [-0.25, -0.2) is 8.78 Å². The maximum atomic E-state index is 13.3. The summed E-state index contributed by atoms with van der Waals surface area (Å²) in [6.07, 6.45) is 0.347. The number of rotatable bonds is 6. The smallest absolute Gasteiger partial charge is 0.220 e. The first kappa shape index (κ1) is 14.6. The van der Waals surface area contributed by atoms with Crippen molar-refractivity contribution in [1.82, 2.24) is 10.6 Å². The van der Waals surface area contributed by atoms with Crippen molar-refractivity contribution in [3.05, 3.63) is 35.4 Å². The van der Waals surface area contributed by atoms with Crippen LogP contribution < -0.4 is 10.6 Å². The summed E-state index contributed by atoms with van der Waals surface area (Å²) in [7, 11) is 1.80. The Morgan fingerprint density at radius 3 is 2.78 bits per heavy atom. The summed E-state index contributed by atoms with van der Waals surface area (Å²) in [6, 6.07) is 4.17. The molecule has 1 atom stereocenters. The van der Waals surface area contributed by atoms with E-state index >= 15 is 0 Å². The zero-order valence-electron chi connectivity index (χ0n) is 10.6. The van der Waals surface area contributed by atoms with E-state index in [1.807, 2.05) is 6.92 Å². The van der Waals surface area contributed by atoms with E-state index in [9.17, 15) is 13.6 Å². The molecule has 3 nitrogen and oxygen atoms in total. The molecule has 0 bridgehead atoms. The van der Waals surface area contributed by atoms with Gasteiger partial charge in [-0.05, 0) is 32.0 Å². The fraction of sp³-hybridized carbons (Fsp3) is 0.462. The van der Waals surface area contributed by atoms with E-state index < -0.39 is 11.6 Å². The van der Waals surface area contributed by atoms with Crippen LogP contribution in [0.25, 0.3) is 0 Å². The molecule has 0 aliphatic carbocycles. The molecule has 0 saturated heterocycles. The van der Waals surface area contributed by atoms with Crippen molar-refractivity contribution in [2.75, 3.05) is 13.6 Å². The fourth-order valence-corrected chi connectivity index (χ4v) is 1.45. The van der Waals surface area contributed by atoms with Gasteiger partial charge in [0.05, 0.1) is 0 Å². The monoisotopic (exact) mass is 256 g/mol. The lowest BCUT2D eigenvalue weighted by atomic mass is 10.1. The predicted molar refractivity (Wildman–Crippen MR) is 66.2 cm³/mol. The van der Waals surface area contributed by atoms with Gasteiger partial charge in [0.1, 0.15) is 0 Å². The van der Waals surface area contributed by atoms with E-state index in [1.165, 1.54) is 12.1 Å². The lowest BCUT2D eigenvalue weighted by molar-refractivity contribution is -0.121. The Balaban J connectivity index is 2.41. The van der Waals surface area contributed by atoms with Crippen molar-refractivity contribution in [2.45, 2.75) is 25.8 Å². The van der Waals surface area contributed by atoms with Gasteiger partial charge in [0.2, 0.25) is 5.91 Å². The number of halogens is 2. The maximum absolute atomic E-state index is 13.3. The Kier molecular flexibility index (Phi) is 5.71. The summed E-state index contributed by atoms with van der Waals surface area (Å²) in [5.41, 5.74) is 0.229. The zero-order chi connectivity index (χ0) is 13.5. The molecule has 100 valence electrons. The van der Waals surface area contributed by atoms with Crippen LogP contribution in [0.4, 0.5) is 8.78 Å². The van der Waals surface area contributed by atoms with Gasteiger partial charge in [0.25, 0.3) is 0 Å². The van der Waals surface area contributed by atoms with Crippen LogP contribution in [0.3, 0.4) is 0 Å².